The second-order valence-corrected chi connectivity index (χ2v) is 5.03. The number of hydrogen-bond donors (Lipinski definition) is 2. The molecule has 0 saturated heterocycles. The SMILES string of the molecule is O=C(CC1CONC(c2ccccc2)=N1)Nc1ccccc1. The molecular formula is C17H17N3O2. The van der Waals surface area contributed by atoms with Gasteiger partial charge in [0.05, 0.1) is 19.1 Å². The fourth-order valence-electron chi connectivity index (χ4n) is 2.23. The summed E-state index contributed by atoms with van der Waals surface area (Å²) in [6.07, 6.45) is 0.285. The molecule has 0 saturated carbocycles. The molecule has 1 aliphatic heterocycles. The van der Waals surface area contributed by atoms with Gasteiger partial charge in [-0.3, -0.25) is 14.6 Å². The highest BCUT2D eigenvalue weighted by Crippen LogP contribution is 2.11. The van der Waals surface area contributed by atoms with Crippen LogP contribution in [0.4, 0.5) is 5.69 Å². The summed E-state index contributed by atoms with van der Waals surface area (Å²) in [5.41, 5.74) is 4.53. The number of hydroxylamine groups is 1. The molecule has 112 valence electrons. The van der Waals surface area contributed by atoms with Crippen LogP contribution in [0.2, 0.25) is 0 Å². The lowest BCUT2D eigenvalue weighted by Crippen LogP contribution is -2.37. The summed E-state index contributed by atoms with van der Waals surface area (Å²) < 4.78 is 0. The maximum absolute atomic E-state index is 12.1. The van der Waals surface area contributed by atoms with Gasteiger partial charge in [0, 0.05) is 11.3 Å². The Hall–Kier alpha value is -2.66. The van der Waals surface area contributed by atoms with E-state index in [1.165, 1.54) is 0 Å². The van der Waals surface area contributed by atoms with Crippen molar-refractivity contribution in [1.82, 2.24) is 5.48 Å². The molecule has 2 N–H and O–H groups in total. The van der Waals surface area contributed by atoms with Crippen molar-refractivity contribution in [3.05, 3.63) is 66.2 Å². The van der Waals surface area contributed by atoms with E-state index in [0.29, 0.717) is 12.4 Å². The molecule has 5 heteroatoms. The lowest BCUT2D eigenvalue weighted by atomic mass is 10.1. The number of amides is 1. The number of amidine groups is 1. The van der Waals surface area contributed by atoms with E-state index in [2.05, 4.69) is 15.8 Å². The van der Waals surface area contributed by atoms with Crippen LogP contribution in [0.25, 0.3) is 0 Å². The Labute approximate surface area is 129 Å². The van der Waals surface area contributed by atoms with Gasteiger partial charge in [0.1, 0.15) is 0 Å². The number of rotatable bonds is 4. The van der Waals surface area contributed by atoms with Crippen LogP contribution in [-0.2, 0) is 9.63 Å². The summed E-state index contributed by atoms with van der Waals surface area (Å²) in [6, 6.07) is 18.9. The predicted molar refractivity (Wildman–Crippen MR) is 85.5 cm³/mol. The monoisotopic (exact) mass is 295 g/mol. The van der Waals surface area contributed by atoms with Gasteiger partial charge < -0.3 is 5.32 Å². The van der Waals surface area contributed by atoms with Gasteiger partial charge in [0.25, 0.3) is 0 Å². The van der Waals surface area contributed by atoms with Crippen molar-refractivity contribution in [3.63, 3.8) is 0 Å². The molecule has 2 aromatic carbocycles. The molecule has 3 rings (SSSR count). The number of carbonyl (C=O) groups excluding carboxylic acids is 1. The first-order chi connectivity index (χ1) is 10.8. The smallest absolute Gasteiger partial charge is 0.226 e. The fourth-order valence-corrected chi connectivity index (χ4v) is 2.23. The predicted octanol–water partition coefficient (Wildman–Crippen LogP) is 2.37. The summed E-state index contributed by atoms with van der Waals surface area (Å²) in [5.74, 6) is 0.585. The molecule has 1 aliphatic rings. The molecule has 2 aromatic rings. The Balaban J connectivity index is 1.64. The normalized spacial score (nSPS) is 17.3. The van der Waals surface area contributed by atoms with Gasteiger partial charge in [-0.25, -0.2) is 5.48 Å². The lowest BCUT2D eigenvalue weighted by molar-refractivity contribution is -0.117. The highest BCUT2D eigenvalue weighted by Gasteiger charge is 2.19. The highest BCUT2D eigenvalue weighted by atomic mass is 16.6. The number of para-hydroxylation sites is 1. The Morgan fingerprint density at radius 2 is 1.82 bits per heavy atom. The molecule has 0 aromatic heterocycles. The molecule has 0 spiro atoms. The molecule has 0 bridgehead atoms. The van der Waals surface area contributed by atoms with Crippen LogP contribution < -0.4 is 10.8 Å². The van der Waals surface area contributed by atoms with Gasteiger partial charge in [0.2, 0.25) is 5.91 Å². The van der Waals surface area contributed by atoms with E-state index in [4.69, 9.17) is 4.84 Å². The summed E-state index contributed by atoms with van der Waals surface area (Å²) in [5, 5.41) is 2.86. The van der Waals surface area contributed by atoms with E-state index in [0.717, 1.165) is 11.3 Å². The van der Waals surface area contributed by atoms with Crippen LogP contribution in [0.5, 0.6) is 0 Å². The van der Waals surface area contributed by atoms with Gasteiger partial charge in [-0.15, -0.1) is 0 Å². The standard InChI is InChI=1S/C17H17N3O2/c21-16(18-14-9-5-2-6-10-14)11-15-12-22-20-17(19-15)13-7-3-1-4-8-13/h1-10,15H,11-12H2,(H,18,21)(H,19,20). The summed E-state index contributed by atoms with van der Waals surface area (Å²) in [4.78, 5) is 22.0. The number of anilines is 1. The minimum atomic E-state index is -0.194. The average Bonchev–Trinajstić information content (AvgIpc) is 2.57. The van der Waals surface area contributed by atoms with Crippen molar-refractivity contribution in [2.24, 2.45) is 4.99 Å². The largest absolute Gasteiger partial charge is 0.326 e. The van der Waals surface area contributed by atoms with Gasteiger partial charge >= 0.3 is 0 Å². The maximum Gasteiger partial charge on any atom is 0.226 e. The fraction of sp³-hybridized carbons (Fsp3) is 0.176. The van der Waals surface area contributed by atoms with E-state index in [9.17, 15) is 4.79 Å². The van der Waals surface area contributed by atoms with Crippen LogP contribution in [0, 0.1) is 0 Å². The zero-order valence-electron chi connectivity index (χ0n) is 12.0. The van der Waals surface area contributed by atoms with Crippen molar-refractivity contribution in [1.29, 1.82) is 0 Å². The van der Waals surface area contributed by atoms with Crippen LogP contribution in [0.1, 0.15) is 12.0 Å². The first kappa shape index (κ1) is 14.3. The van der Waals surface area contributed by atoms with Crippen LogP contribution >= 0.6 is 0 Å². The molecule has 0 aliphatic carbocycles. The van der Waals surface area contributed by atoms with E-state index < -0.39 is 0 Å². The van der Waals surface area contributed by atoms with E-state index in [1.54, 1.807) is 0 Å². The summed E-state index contributed by atoms with van der Waals surface area (Å²) >= 11 is 0. The van der Waals surface area contributed by atoms with Crippen molar-refractivity contribution in [2.45, 2.75) is 12.5 Å². The molecule has 0 fully saturated rings. The highest BCUT2D eigenvalue weighted by molar-refractivity contribution is 5.99. The van der Waals surface area contributed by atoms with Crippen LogP contribution in [0.15, 0.2) is 65.7 Å². The first-order valence-corrected chi connectivity index (χ1v) is 7.17. The third-order valence-electron chi connectivity index (χ3n) is 3.28. The number of benzene rings is 2. The maximum atomic E-state index is 12.1. The minimum Gasteiger partial charge on any atom is -0.326 e. The first-order valence-electron chi connectivity index (χ1n) is 7.17. The third-order valence-corrected chi connectivity index (χ3v) is 3.28. The Bertz CT molecular complexity index is 656. The van der Waals surface area contributed by atoms with Crippen molar-refractivity contribution >= 4 is 17.4 Å². The topological polar surface area (TPSA) is 62.7 Å². The quantitative estimate of drug-likeness (QED) is 0.910. The lowest BCUT2D eigenvalue weighted by Gasteiger charge is -2.21. The van der Waals surface area contributed by atoms with Crippen LogP contribution in [-0.4, -0.2) is 24.4 Å². The molecule has 1 unspecified atom stereocenters. The van der Waals surface area contributed by atoms with Crippen molar-refractivity contribution in [2.75, 3.05) is 11.9 Å². The average molecular weight is 295 g/mol. The van der Waals surface area contributed by atoms with Gasteiger partial charge in [-0.05, 0) is 12.1 Å². The number of aliphatic imine (C=N–C) groups is 1. The molecule has 0 radical (unpaired) electrons. The van der Waals surface area contributed by atoms with E-state index >= 15 is 0 Å². The second kappa shape index (κ2) is 6.87. The summed E-state index contributed by atoms with van der Waals surface area (Å²) in [7, 11) is 0. The van der Waals surface area contributed by atoms with Gasteiger partial charge in [-0.2, -0.15) is 0 Å². The molecule has 1 atom stereocenters. The number of nitrogens with one attached hydrogen (secondary N) is 2. The van der Waals surface area contributed by atoms with Crippen molar-refractivity contribution < 1.29 is 9.63 Å². The van der Waals surface area contributed by atoms with Gasteiger partial charge in [0.15, 0.2) is 5.84 Å². The molecule has 5 nitrogen and oxygen atoms in total. The molecule has 22 heavy (non-hydrogen) atoms. The summed E-state index contributed by atoms with van der Waals surface area (Å²) in [6.45, 7) is 0.374. The zero-order valence-corrected chi connectivity index (χ0v) is 12.0. The molecule has 1 amide bonds. The van der Waals surface area contributed by atoms with E-state index in [1.807, 2.05) is 60.7 Å². The Morgan fingerprint density at radius 3 is 2.55 bits per heavy atom. The second-order valence-electron chi connectivity index (χ2n) is 5.03. The Morgan fingerprint density at radius 1 is 1.14 bits per heavy atom. The molecule has 1 heterocycles. The van der Waals surface area contributed by atoms with E-state index in [-0.39, 0.29) is 18.4 Å². The zero-order chi connectivity index (χ0) is 15.2. The Kier molecular flexibility index (Phi) is 4.46. The van der Waals surface area contributed by atoms with Crippen LogP contribution in [0.3, 0.4) is 0 Å². The van der Waals surface area contributed by atoms with Crippen molar-refractivity contribution in [3.8, 4) is 0 Å². The number of nitrogens with zero attached hydrogens (tertiary/aromatic N) is 1. The molecular weight excluding hydrogens is 278 g/mol. The number of carbonyl (C=O) groups is 1. The van der Waals surface area contributed by atoms with Gasteiger partial charge in [-0.1, -0.05) is 48.5 Å². The minimum absolute atomic E-state index is 0.0714. The number of hydrogen-bond acceptors (Lipinski definition) is 4. The third kappa shape index (κ3) is 3.71.